The average molecular weight is 375 g/mol. The van der Waals surface area contributed by atoms with Gasteiger partial charge in [0.05, 0.1) is 5.69 Å². The summed E-state index contributed by atoms with van der Waals surface area (Å²) in [7, 11) is 0. The highest BCUT2D eigenvalue weighted by Gasteiger charge is 2.27. The van der Waals surface area contributed by atoms with Crippen molar-refractivity contribution in [2.75, 3.05) is 26.2 Å². The van der Waals surface area contributed by atoms with Crippen LogP contribution in [0.15, 0.2) is 24.3 Å². The molecular weight excluding hydrogens is 343 g/mol. The molecule has 1 aromatic carbocycles. The fourth-order valence-electron chi connectivity index (χ4n) is 4.05. The summed E-state index contributed by atoms with van der Waals surface area (Å²) >= 11 is 0. The maximum Gasteiger partial charge on any atom is 0.123 e. The van der Waals surface area contributed by atoms with Crippen molar-refractivity contribution in [3.8, 4) is 0 Å². The van der Waals surface area contributed by atoms with Gasteiger partial charge in [-0.3, -0.25) is 14.5 Å². The van der Waals surface area contributed by atoms with E-state index in [0.717, 1.165) is 56.9 Å². The van der Waals surface area contributed by atoms with Gasteiger partial charge in [-0.25, -0.2) is 4.39 Å². The standard InChI is InChI=1S/C21H31FN4O/c1-4-26-17(3)21(16(2)23-26)15-24-10-11-25(20(14-24)9-12-27)13-18-5-7-19(22)8-6-18/h5-8,20,27H,4,9-15H2,1-3H3/t20-/m0/s1. The van der Waals surface area contributed by atoms with Crippen LogP contribution in [-0.2, 0) is 19.6 Å². The second-order valence-electron chi connectivity index (χ2n) is 7.46. The van der Waals surface area contributed by atoms with Crippen LogP contribution in [0.4, 0.5) is 4.39 Å². The van der Waals surface area contributed by atoms with Gasteiger partial charge >= 0.3 is 0 Å². The minimum Gasteiger partial charge on any atom is -0.396 e. The van der Waals surface area contributed by atoms with E-state index in [4.69, 9.17) is 0 Å². The summed E-state index contributed by atoms with van der Waals surface area (Å²) < 4.78 is 15.2. The lowest BCUT2D eigenvalue weighted by atomic mass is 10.1. The first kappa shape index (κ1) is 20.0. The Morgan fingerprint density at radius 1 is 1.15 bits per heavy atom. The summed E-state index contributed by atoms with van der Waals surface area (Å²) in [5.41, 5.74) is 4.81. The van der Waals surface area contributed by atoms with Gasteiger partial charge in [-0.15, -0.1) is 0 Å². The van der Waals surface area contributed by atoms with Gasteiger partial charge in [-0.2, -0.15) is 5.10 Å². The van der Waals surface area contributed by atoms with E-state index < -0.39 is 0 Å². The highest BCUT2D eigenvalue weighted by atomic mass is 19.1. The van der Waals surface area contributed by atoms with Crippen LogP contribution in [-0.4, -0.2) is 57.0 Å². The number of aromatic nitrogens is 2. The molecule has 0 amide bonds. The molecule has 0 saturated carbocycles. The van der Waals surface area contributed by atoms with E-state index in [1.807, 2.05) is 12.1 Å². The number of rotatable bonds is 7. The van der Waals surface area contributed by atoms with Gasteiger partial charge in [-0.05, 0) is 44.9 Å². The third kappa shape index (κ3) is 4.75. The summed E-state index contributed by atoms with van der Waals surface area (Å²) in [4.78, 5) is 4.88. The van der Waals surface area contributed by atoms with Crippen molar-refractivity contribution in [3.05, 3.63) is 52.6 Å². The van der Waals surface area contributed by atoms with Gasteiger partial charge in [0.1, 0.15) is 5.82 Å². The minimum atomic E-state index is -0.200. The van der Waals surface area contributed by atoms with Gasteiger partial charge in [0.2, 0.25) is 0 Å². The number of aryl methyl sites for hydroxylation is 2. The highest BCUT2D eigenvalue weighted by molar-refractivity contribution is 5.24. The number of nitrogens with zero attached hydrogens (tertiary/aromatic N) is 4. The maximum atomic E-state index is 13.2. The fourth-order valence-corrected chi connectivity index (χ4v) is 4.05. The SMILES string of the molecule is CCn1nc(C)c(CN2CCN(Cc3ccc(F)cc3)[C@@H](CCO)C2)c1C. The summed E-state index contributed by atoms with van der Waals surface area (Å²) in [6.07, 6.45) is 0.754. The molecule has 1 saturated heterocycles. The number of hydrogen-bond acceptors (Lipinski definition) is 4. The Bertz CT molecular complexity index is 743. The van der Waals surface area contributed by atoms with Gasteiger partial charge in [0.25, 0.3) is 0 Å². The molecule has 2 aromatic rings. The molecule has 0 aliphatic carbocycles. The van der Waals surface area contributed by atoms with Crippen molar-refractivity contribution < 1.29 is 9.50 Å². The maximum absolute atomic E-state index is 13.2. The Kier molecular flexibility index (Phi) is 6.63. The number of hydrogen-bond donors (Lipinski definition) is 1. The number of benzene rings is 1. The van der Waals surface area contributed by atoms with Crippen LogP contribution in [0.5, 0.6) is 0 Å². The summed E-state index contributed by atoms with van der Waals surface area (Å²) in [6, 6.07) is 7.04. The number of aliphatic hydroxyl groups is 1. The molecule has 27 heavy (non-hydrogen) atoms. The van der Waals surface area contributed by atoms with E-state index >= 15 is 0 Å². The zero-order valence-corrected chi connectivity index (χ0v) is 16.7. The zero-order valence-electron chi connectivity index (χ0n) is 16.7. The zero-order chi connectivity index (χ0) is 19.4. The average Bonchev–Trinajstić information content (AvgIpc) is 2.93. The first-order valence-corrected chi connectivity index (χ1v) is 9.86. The van der Waals surface area contributed by atoms with Gasteiger partial charge in [0, 0.05) is 63.2 Å². The Hall–Kier alpha value is -1.76. The first-order chi connectivity index (χ1) is 13.0. The lowest BCUT2D eigenvalue weighted by Crippen LogP contribution is -2.52. The van der Waals surface area contributed by atoms with Crippen LogP contribution >= 0.6 is 0 Å². The molecule has 1 aromatic heterocycles. The third-order valence-corrected chi connectivity index (χ3v) is 5.66. The molecule has 0 unspecified atom stereocenters. The molecule has 6 heteroatoms. The van der Waals surface area contributed by atoms with E-state index in [-0.39, 0.29) is 12.4 Å². The van der Waals surface area contributed by atoms with Crippen molar-refractivity contribution in [1.29, 1.82) is 0 Å². The molecular formula is C21H31FN4O. The van der Waals surface area contributed by atoms with Gasteiger partial charge < -0.3 is 5.11 Å². The van der Waals surface area contributed by atoms with Crippen LogP contribution in [0.1, 0.15) is 35.9 Å². The first-order valence-electron chi connectivity index (χ1n) is 9.86. The number of aliphatic hydroxyl groups excluding tert-OH is 1. The van der Waals surface area contributed by atoms with Crippen LogP contribution in [0.25, 0.3) is 0 Å². The largest absolute Gasteiger partial charge is 0.396 e. The predicted molar refractivity (Wildman–Crippen MR) is 105 cm³/mol. The smallest absolute Gasteiger partial charge is 0.123 e. The van der Waals surface area contributed by atoms with Gasteiger partial charge in [0.15, 0.2) is 0 Å². The lowest BCUT2D eigenvalue weighted by Gasteiger charge is -2.41. The van der Waals surface area contributed by atoms with Crippen molar-refractivity contribution >= 4 is 0 Å². The Labute approximate surface area is 161 Å². The van der Waals surface area contributed by atoms with Crippen molar-refractivity contribution in [3.63, 3.8) is 0 Å². The molecule has 2 heterocycles. The molecule has 0 bridgehead atoms. The lowest BCUT2D eigenvalue weighted by molar-refractivity contribution is 0.0498. The fraction of sp³-hybridized carbons (Fsp3) is 0.571. The summed E-state index contributed by atoms with van der Waals surface area (Å²) in [6.45, 7) is 12.0. The molecule has 1 aliphatic heterocycles. The topological polar surface area (TPSA) is 44.5 Å². The Balaban J connectivity index is 1.66. The minimum absolute atomic E-state index is 0.185. The van der Waals surface area contributed by atoms with E-state index in [0.29, 0.717) is 6.04 Å². The summed E-state index contributed by atoms with van der Waals surface area (Å²) in [5.74, 6) is -0.200. The molecule has 148 valence electrons. The Morgan fingerprint density at radius 2 is 1.89 bits per heavy atom. The second-order valence-corrected chi connectivity index (χ2v) is 7.46. The third-order valence-electron chi connectivity index (χ3n) is 5.66. The predicted octanol–water partition coefficient (Wildman–Crippen LogP) is 2.73. The normalized spacial score (nSPS) is 18.9. The molecule has 1 fully saturated rings. The van der Waals surface area contributed by atoms with E-state index in [1.165, 1.54) is 23.4 Å². The molecule has 5 nitrogen and oxygen atoms in total. The quantitative estimate of drug-likeness (QED) is 0.809. The number of piperazine rings is 1. The van der Waals surface area contributed by atoms with Crippen LogP contribution in [0.3, 0.4) is 0 Å². The van der Waals surface area contributed by atoms with E-state index in [9.17, 15) is 9.50 Å². The molecule has 1 N–H and O–H groups in total. The van der Waals surface area contributed by atoms with Crippen LogP contribution in [0.2, 0.25) is 0 Å². The molecule has 3 rings (SSSR count). The van der Waals surface area contributed by atoms with Crippen molar-refractivity contribution in [2.24, 2.45) is 0 Å². The van der Waals surface area contributed by atoms with Crippen LogP contribution < -0.4 is 0 Å². The van der Waals surface area contributed by atoms with Crippen molar-refractivity contribution in [2.45, 2.75) is 52.9 Å². The van der Waals surface area contributed by atoms with Crippen molar-refractivity contribution in [1.82, 2.24) is 19.6 Å². The Morgan fingerprint density at radius 3 is 2.52 bits per heavy atom. The van der Waals surface area contributed by atoms with E-state index in [2.05, 4.69) is 40.4 Å². The second kappa shape index (κ2) is 8.95. The number of halogens is 1. The summed E-state index contributed by atoms with van der Waals surface area (Å²) in [5, 5.41) is 14.2. The monoisotopic (exact) mass is 374 g/mol. The molecule has 0 radical (unpaired) electrons. The molecule has 1 atom stereocenters. The van der Waals surface area contributed by atoms with Gasteiger partial charge in [-0.1, -0.05) is 12.1 Å². The molecule has 0 spiro atoms. The van der Waals surface area contributed by atoms with E-state index in [1.54, 1.807) is 0 Å². The highest BCUT2D eigenvalue weighted by Crippen LogP contribution is 2.21. The molecule has 1 aliphatic rings. The van der Waals surface area contributed by atoms with Crippen LogP contribution in [0, 0.1) is 19.7 Å².